The fourth-order valence-corrected chi connectivity index (χ4v) is 3.06. The van der Waals surface area contributed by atoms with Crippen LogP contribution in [0.5, 0.6) is 0 Å². The Bertz CT molecular complexity index is 821. The van der Waals surface area contributed by atoms with E-state index in [1.807, 2.05) is 4.90 Å². The second-order valence-corrected chi connectivity index (χ2v) is 6.17. The van der Waals surface area contributed by atoms with Crippen LogP contribution in [-0.2, 0) is 7.05 Å². The molecule has 0 radical (unpaired) electrons. The predicted octanol–water partition coefficient (Wildman–Crippen LogP) is 2.31. The first kappa shape index (κ1) is 17.0. The van der Waals surface area contributed by atoms with Gasteiger partial charge < -0.3 is 20.1 Å². The van der Waals surface area contributed by atoms with E-state index in [4.69, 9.17) is 0 Å². The van der Waals surface area contributed by atoms with Crippen molar-refractivity contribution in [3.63, 3.8) is 0 Å². The molecule has 1 aliphatic heterocycles. The lowest BCUT2D eigenvalue weighted by molar-refractivity contribution is 0.246. The number of nitrogens with one attached hydrogen (secondary N) is 2. The van der Waals surface area contributed by atoms with E-state index in [1.165, 1.54) is 10.6 Å². The lowest BCUT2D eigenvalue weighted by Gasteiger charge is -2.34. The van der Waals surface area contributed by atoms with Crippen LogP contribution >= 0.6 is 0 Å². The zero-order chi connectivity index (χ0) is 17.8. The number of piperidine rings is 1. The molecular formula is C18H21FN4O2. The van der Waals surface area contributed by atoms with Gasteiger partial charge in [0.25, 0.3) is 5.56 Å². The van der Waals surface area contributed by atoms with E-state index in [2.05, 4.69) is 10.6 Å². The first-order chi connectivity index (χ1) is 12.0. The van der Waals surface area contributed by atoms with Gasteiger partial charge in [0.05, 0.1) is 5.69 Å². The van der Waals surface area contributed by atoms with Crippen LogP contribution in [0.2, 0.25) is 0 Å². The Hall–Kier alpha value is -2.83. The number of anilines is 2. The standard InChI is InChI=1S/C18H21FN4O2/c1-22-10-5-8-15(17(22)24)21-18(25)20-13-6-4-11-23(12-13)16-9-3-2-7-14(16)19/h2-3,5,7-10,13H,4,6,11-12H2,1H3,(H2,20,21,25)/t13-/m0/s1. The summed E-state index contributed by atoms with van der Waals surface area (Å²) in [6.07, 6.45) is 3.29. The smallest absolute Gasteiger partial charge is 0.319 e. The molecule has 2 amide bonds. The number of hydrogen-bond acceptors (Lipinski definition) is 3. The monoisotopic (exact) mass is 344 g/mol. The summed E-state index contributed by atoms with van der Waals surface area (Å²) in [5.74, 6) is -0.264. The predicted molar refractivity (Wildman–Crippen MR) is 95.5 cm³/mol. The topological polar surface area (TPSA) is 66.4 Å². The van der Waals surface area contributed by atoms with Gasteiger partial charge in [0, 0.05) is 32.4 Å². The van der Waals surface area contributed by atoms with E-state index in [0.29, 0.717) is 12.2 Å². The van der Waals surface area contributed by atoms with Crippen molar-refractivity contribution in [2.45, 2.75) is 18.9 Å². The molecule has 0 unspecified atom stereocenters. The Morgan fingerprint density at radius 1 is 1.24 bits per heavy atom. The normalized spacial score (nSPS) is 17.2. The third-order valence-corrected chi connectivity index (χ3v) is 4.32. The van der Waals surface area contributed by atoms with Crippen LogP contribution < -0.4 is 21.1 Å². The van der Waals surface area contributed by atoms with Crippen LogP contribution in [0.25, 0.3) is 0 Å². The zero-order valence-electron chi connectivity index (χ0n) is 14.0. The van der Waals surface area contributed by atoms with E-state index in [0.717, 1.165) is 19.4 Å². The minimum absolute atomic E-state index is 0.110. The van der Waals surface area contributed by atoms with Gasteiger partial charge in [-0.2, -0.15) is 0 Å². The number of amides is 2. The van der Waals surface area contributed by atoms with Gasteiger partial charge in [0.15, 0.2) is 0 Å². The number of aromatic nitrogens is 1. The van der Waals surface area contributed by atoms with Crippen molar-refractivity contribution >= 4 is 17.4 Å². The Morgan fingerprint density at radius 2 is 2.04 bits per heavy atom. The van der Waals surface area contributed by atoms with Crippen LogP contribution in [0.15, 0.2) is 47.4 Å². The number of hydrogen-bond donors (Lipinski definition) is 2. The Labute approximate surface area is 145 Å². The summed E-state index contributed by atoms with van der Waals surface area (Å²) in [5.41, 5.74) is 0.505. The van der Waals surface area contributed by atoms with Gasteiger partial charge in [-0.05, 0) is 37.1 Å². The number of carbonyl (C=O) groups excluding carboxylic acids is 1. The van der Waals surface area contributed by atoms with Crippen molar-refractivity contribution in [1.82, 2.24) is 9.88 Å². The molecule has 1 fully saturated rings. The highest BCUT2D eigenvalue weighted by atomic mass is 19.1. The molecule has 2 N–H and O–H groups in total. The molecule has 0 aliphatic carbocycles. The summed E-state index contributed by atoms with van der Waals surface area (Å²) in [6, 6.07) is 9.35. The van der Waals surface area contributed by atoms with E-state index >= 15 is 0 Å². The third kappa shape index (κ3) is 3.99. The number of nitrogens with zero attached hydrogens (tertiary/aromatic N) is 2. The van der Waals surface area contributed by atoms with Crippen LogP contribution in [0.4, 0.5) is 20.6 Å². The number of aryl methyl sites for hydroxylation is 1. The molecule has 1 saturated heterocycles. The fraction of sp³-hybridized carbons (Fsp3) is 0.333. The number of halogens is 1. The molecule has 1 aliphatic rings. The minimum Gasteiger partial charge on any atom is -0.367 e. The number of urea groups is 1. The first-order valence-corrected chi connectivity index (χ1v) is 8.27. The Balaban J connectivity index is 1.63. The number of pyridine rings is 1. The van der Waals surface area contributed by atoms with Crippen molar-refractivity contribution in [2.75, 3.05) is 23.3 Å². The minimum atomic E-state index is -0.427. The molecule has 1 aromatic carbocycles. The van der Waals surface area contributed by atoms with Gasteiger partial charge in [-0.3, -0.25) is 4.79 Å². The van der Waals surface area contributed by atoms with Gasteiger partial charge >= 0.3 is 6.03 Å². The molecule has 132 valence electrons. The maximum Gasteiger partial charge on any atom is 0.319 e. The summed E-state index contributed by atoms with van der Waals surface area (Å²) < 4.78 is 15.4. The molecule has 25 heavy (non-hydrogen) atoms. The molecule has 2 aromatic rings. The highest BCUT2D eigenvalue weighted by Crippen LogP contribution is 2.22. The molecule has 3 rings (SSSR count). The lowest BCUT2D eigenvalue weighted by atomic mass is 10.0. The second-order valence-electron chi connectivity index (χ2n) is 6.17. The average molecular weight is 344 g/mol. The summed E-state index contributed by atoms with van der Waals surface area (Å²) in [6.45, 7) is 1.28. The third-order valence-electron chi connectivity index (χ3n) is 4.32. The van der Waals surface area contributed by atoms with Gasteiger partial charge in [0.1, 0.15) is 11.5 Å². The second kappa shape index (κ2) is 7.38. The van der Waals surface area contributed by atoms with E-state index in [-0.39, 0.29) is 23.1 Å². The largest absolute Gasteiger partial charge is 0.367 e. The number of benzene rings is 1. The summed E-state index contributed by atoms with van der Waals surface area (Å²) in [5, 5.41) is 5.46. The fourth-order valence-electron chi connectivity index (χ4n) is 3.06. The van der Waals surface area contributed by atoms with Crippen molar-refractivity contribution in [3.05, 3.63) is 58.8 Å². The first-order valence-electron chi connectivity index (χ1n) is 8.27. The molecule has 0 saturated carbocycles. The van der Waals surface area contributed by atoms with Crippen LogP contribution in [0, 0.1) is 5.82 Å². The van der Waals surface area contributed by atoms with Crippen molar-refractivity contribution in [3.8, 4) is 0 Å². The van der Waals surface area contributed by atoms with Gasteiger partial charge in [-0.15, -0.1) is 0 Å². The van der Waals surface area contributed by atoms with Gasteiger partial charge in [0.2, 0.25) is 0 Å². The highest BCUT2D eigenvalue weighted by molar-refractivity contribution is 5.89. The quantitative estimate of drug-likeness (QED) is 0.898. The number of carbonyl (C=O) groups is 1. The molecule has 0 spiro atoms. The Morgan fingerprint density at radius 3 is 2.84 bits per heavy atom. The average Bonchev–Trinajstić information content (AvgIpc) is 2.59. The van der Waals surface area contributed by atoms with E-state index < -0.39 is 6.03 Å². The zero-order valence-corrected chi connectivity index (χ0v) is 14.0. The summed E-state index contributed by atoms with van der Waals surface area (Å²) >= 11 is 0. The maximum absolute atomic E-state index is 14.0. The number of para-hydroxylation sites is 1. The highest BCUT2D eigenvalue weighted by Gasteiger charge is 2.23. The molecular weight excluding hydrogens is 323 g/mol. The molecule has 2 heterocycles. The molecule has 1 atom stereocenters. The van der Waals surface area contributed by atoms with Crippen LogP contribution in [-0.4, -0.2) is 29.7 Å². The summed E-state index contributed by atoms with van der Waals surface area (Å²) in [7, 11) is 1.62. The summed E-state index contributed by atoms with van der Waals surface area (Å²) in [4.78, 5) is 26.1. The number of rotatable bonds is 3. The maximum atomic E-state index is 14.0. The van der Waals surface area contributed by atoms with Crippen molar-refractivity contribution in [2.24, 2.45) is 7.05 Å². The van der Waals surface area contributed by atoms with Crippen molar-refractivity contribution in [1.29, 1.82) is 0 Å². The van der Waals surface area contributed by atoms with Crippen LogP contribution in [0.3, 0.4) is 0 Å². The molecule has 1 aromatic heterocycles. The molecule has 0 bridgehead atoms. The SMILES string of the molecule is Cn1cccc(NC(=O)N[C@H]2CCCN(c3ccccc3F)C2)c1=O. The Kier molecular flexibility index (Phi) is 5.02. The lowest BCUT2D eigenvalue weighted by Crippen LogP contribution is -2.49. The van der Waals surface area contributed by atoms with E-state index in [1.54, 1.807) is 43.6 Å². The van der Waals surface area contributed by atoms with Gasteiger partial charge in [-0.1, -0.05) is 12.1 Å². The van der Waals surface area contributed by atoms with Crippen molar-refractivity contribution < 1.29 is 9.18 Å². The van der Waals surface area contributed by atoms with E-state index in [9.17, 15) is 14.0 Å². The molecule has 7 heteroatoms. The van der Waals surface area contributed by atoms with Gasteiger partial charge in [-0.25, -0.2) is 9.18 Å². The van der Waals surface area contributed by atoms with Crippen LogP contribution in [0.1, 0.15) is 12.8 Å². The molecule has 6 nitrogen and oxygen atoms in total.